The number of aliphatic hydroxyl groups excluding tert-OH is 1. The van der Waals surface area contributed by atoms with Crippen molar-refractivity contribution in [1.29, 1.82) is 0 Å². The van der Waals surface area contributed by atoms with Gasteiger partial charge >= 0.3 is 0 Å². The largest absolute Gasteiger partial charge is 0.493 e. The molecule has 1 N–H and O–H groups in total. The van der Waals surface area contributed by atoms with Crippen LogP contribution < -0.4 is 4.74 Å². The zero-order chi connectivity index (χ0) is 13.0. The van der Waals surface area contributed by atoms with E-state index in [0.717, 1.165) is 0 Å². The van der Waals surface area contributed by atoms with Gasteiger partial charge in [-0.25, -0.2) is 0 Å². The molecule has 2 atom stereocenters. The van der Waals surface area contributed by atoms with E-state index in [4.69, 9.17) is 9.47 Å². The van der Waals surface area contributed by atoms with Crippen LogP contribution in [0.5, 0.6) is 5.75 Å². The molecule has 0 bridgehead atoms. The molecule has 1 aromatic heterocycles. The van der Waals surface area contributed by atoms with Gasteiger partial charge in [0.2, 0.25) is 0 Å². The van der Waals surface area contributed by atoms with E-state index in [1.54, 1.807) is 18.0 Å². The molecule has 0 saturated heterocycles. The number of ether oxygens (including phenoxy) is 2. The van der Waals surface area contributed by atoms with E-state index >= 15 is 0 Å². The van der Waals surface area contributed by atoms with Crippen molar-refractivity contribution in [3.8, 4) is 5.75 Å². The molecule has 5 heteroatoms. The van der Waals surface area contributed by atoms with Crippen LogP contribution in [0.3, 0.4) is 0 Å². The van der Waals surface area contributed by atoms with Gasteiger partial charge in [0.05, 0.1) is 19.4 Å². The maximum atomic E-state index is 10.3. The first-order valence-corrected chi connectivity index (χ1v) is 5.93. The highest BCUT2D eigenvalue weighted by atomic mass is 16.5. The monoisotopic (exact) mass is 242 g/mol. The first kappa shape index (κ1) is 14.0. The van der Waals surface area contributed by atoms with Gasteiger partial charge < -0.3 is 14.6 Å². The Hall–Kier alpha value is -1.07. The van der Waals surface area contributed by atoms with E-state index in [-0.39, 0.29) is 12.1 Å². The summed E-state index contributed by atoms with van der Waals surface area (Å²) in [7, 11) is 1.57. The Morgan fingerprint density at radius 1 is 1.41 bits per heavy atom. The summed E-state index contributed by atoms with van der Waals surface area (Å²) in [6, 6.07) is 0.164. The van der Waals surface area contributed by atoms with Crippen LogP contribution in [-0.2, 0) is 4.74 Å². The van der Waals surface area contributed by atoms with Crippen LogP contribution in [0.15, 0.2) is 6.20 Å². The first-order valence-electron chi connectivity index (χ1n) is 5.93. The van der Waals surface area contributed by atoms with Gasteiger partial charge in [-0.2, -0.15) is 5.10 Å². The SMILES string of the molecule is CCOC(C)C(O)c1c(OC)cnn1C(C)C. The summed E-state index contributed by atoms with van der Waals surface area (Å²) in [5, 5.41) is 14.5. The molecule has 1 aromatic rings. The molecule has 0 spiro atoms. The Labute approximate surface area is 102 Å². The summed E-state index contributed by atoms with van der Waals surface area (Å²) in [6.45, 7) is 8.32. The van der Waals surface area contributed by atoms with Gasteiger partial charge in [-0.05, 0) is 27.7 Å². The van der Waals surface area contributed by atoms with Crippen LogP contribution in [0.1, 0.15) is 45.5 Å². The summed E-state index contributed by atoms with van der Waals surface area (Å²) in [6.07, 6.45) is 0.593. The molecule has 0 aliphatic carbocycles. The highest BCUT2D eigenvalue weighted by Gasteiger charge is 2.26. The van der Waals surface area contributed by atoms with Crippen molar-refractivity contribution >= 4 is 0 Å². The van der Waals surface area contributed by atoms with Crippen molar-refractivity contribution in [3.05, 3.63) is 11.9 Å². The molecule has 0 radical (unpaired) electrons. The molecule has 0 aromatic carbocycles. The zero-order valence-electron chi connectivity index (χ0n) is 11.2. The normalized spacial score (nSPS) is 15.0. The number of hydrogen-bond donors (Lipinski definition) is 1. The Kier molecular flexibility index (Phi) is 4.96. The van der Waals surface area contributed by atoms with Crippen molar-refractivity contribution in [2.75, 3.05) is 13.7 Å². The Bertz CT molecular complexity index is 350. The van der Waals surface area contributed by atoms with E-state index in [0.29, 0.717) is 18.1 Å². The van der Waals surface area contributed by atoms with Crippen LogP contribution in [0.4, 0.5) is 0 Å². The lowest BCUT2D eigenvalue weighted by Gasteiger charge is -2.22. The second-order valence-electron chi connectivity index (χ2n) is 4.24. The molecule has 1 heterocycles. The molecule has 17 heavy (non-hydrogen) atoms. The molecule has 0 amide bonds. The molecule has 0 aliphatic rings. The molecule has 0 fully saturated rings. The topological polar surface area (TPSA) is 56.5 Å². The van der Waals surface area contributed by atoms with Gasteiger partial charge in [-0.3, -0.25) is 4.68 Å². The third-order valence-electron chi connectivity index (χ3n) is 2.66. The maximum Gasteiger partial charge on any atom is 0.162 e. The van der Waals surface area contributed by atoms with E-state index in [1.165, 1.54) is 0 Å². The van der Waals surface area contributed by atoms with Crippen LogP contribution >= 0.6 is 0 Å². The first-order chi connectivity index (χ1) is 8.02. The van der Waals surface area contributed by atoms with Gasteiger partial charge in [0.25, 0.3) is 0 Å². The van der Waals surface area contributed by atoms with Gasteiger partial charge in [0.1, 0.15) is 11.8 Å². The van der Waals surface area contributed by atoms with Gasteiger partial charge in [0, 0.05) is 12.6 Å². The summed E-state index contributed by atoms with van der Waals surface area (Å²) in [4.78, 5) is 0. The molecule has 98 valence electrons. The number of aromatic nitrogens is 2. The van der Waals surface area contributed by atoms with Crippen molar-refractivity contribution in [1.82, 2.24) is 9.78 Å². The lowest BCUT2D eigenvalue weighted by molar-refractivity contribution is -0.0278. The predicted molar refractivity (Wildman–Crippen MR) is 65.2 cm³/mol. The number of aliphatic hydroxyl groups is 1. The zero-order valence-corrected chi connectivity index (χ0v) is 11.2. The van der Waals surface area contributed by atoms with Crippen molar-refractivity contribution in [3.63, 3.8) is 0 Å². The predicted octanol–water partition coefficient (Wildman–Crippen LogP) is 1.93. The fraction of sp³-hybridized carbons (Fsp3) is 0.750. The summed E-state index contributed by atoms with van der Waals surface area (Å²) < 4.78 is 12.4. The van der Waals surface area contributed by atoms with E-state index in [9.17, 15) is 5.11 Å². The van der Waals surface area contributed by atoms with Crippen LogP contribution in [0.25, 0.3) is 0 Å². The van der Waals surface area contributed by atoms with Crippen LogP contribution in [0, 0.1) is 0 Å². The Morgan fingerprint density at radius 3 is 2.53 bits per heavy atom. The van der Waals surface area contributed by atoms with E-state index < -0.39 is 6.10 Å². The molecule has 1 rings (SSSR count). The number of rotatable bonds is 6. The van der Waals surface area contributed by atoms with Gasteiger partial charge in [-0.1, -0.05) is 0 Å². The smallest absolute Gasteiger partial charge is 0.162 e. The average Bonchev–Trinajstić information content (AvgIpc) is 2.71. The molecular formula is C12H22N2O3. The molecule has 0 saturated carbocycles. The molecule has 2 unspecified atom stereocenters. The van der Waals surface area contributed by atoms with Crippen molar-refractivity contribution in [2.45, 2.75) is 45.9 Å². The van der Waals surface area contributed by atoms with E-state index in [2.05, 4.69) is 5.10 Å². The van der Waals surface area contributed by atoms with Crippen LogP contribution in [-0.4, -0.2) is 34.7 Å². The minimum atomic E-state index is -0.741. The lowest BCUT2D eigenvalue weighted by Crippen LogP contribution is -2.23. The fourth-order valence-electron chi connectivity index (χ4n) is 1.78. The van der Waals surface area contributed by atoms with Crippen molar-refractivity contribution in [2.24, 2.45) is 0 Å². The van der Waals surface area contributed by atoms with Gasteiger partial charge in [0.15, 0.2) is 5.75 Å². The standard InChI is InChI=1S/C12H22N2O3/c1-6-17-9(4)12(15)11-10(16-5)7-13-14(11)8(2)3/h7-9,12,15H,6H2,1-5H3. The van der Waals surface area contributed by atoms with E-state index in [1.807, 2.05) is 27.7 Å². The number of methoxy groups -OCH3 is 1. The summed E-state index contributed by atoms with van der Waals surface area (Å²) in [5.41, 5.74) is 0.670. The highest BCUT2D eigenvalue weighted by molar-refractivity contribution is 5.28. The minimum Gasteiger partial charge on any atom is -0.493 e. The lowest BCUT2D eigenvalue weighted by atomic mass is 10.1. The Balaban J connectivity index is 3.04. The summed E-state index contributed by atoms with van der Waals surface area (Å²) in [5.74, 6) is 0.595. The molecule has 0 aliphatic heterocycles. The quantitative estimate of drug-likeness (QED) is 0.828. The fourth-order valence-corrected chi connectivity index (χ4v) is 1.78. The Morgan fingerprint density at radius 2 is 2.06 bits per heavy atom. The number of hydrogen-bond acceptors (Lipinski definition) is 4. The second kappa shape index (κ2) is 6.02. The highest BCUT2D eigenvalue weighted by Crippen LogP contribution is 2.30. The van der Waals surface area contributed by atoms with Crippen LogP contribution in [0.2, 0.25) is 0 Å². The maximum absolute atomic E-state index is 10.3. The minimum absolute atomic E-state index is 0.164. The number of nitrogens with zero attached hydrogens (tertiary/aromatic N) is 2. The third kappa shape index (κ3) is 2.98. The van der Waals surface area contributed by atoms with Crippen molar-refractivity contribution < 1.29 is 14.6 Å². The molecule has 5 nitrogen and oxygen atoms in total. The summed E-state index contributed by atoms with van der Waals surface area (Å²) >= 11 is 0. The second-order valence-corrected chi connectivity index (χ2v) is 4.24. The average molecular weight is 242 g/mol. The third-order valence-corrected chi connectivity index (χ3v) is 2.66. The molecular weight excluding hydrogens is 220 g/mol. The van der Waals surface area contributed by atoms with Gasteiger partial charge in [-0.15, -0.1) is 0 Å².